The Labute approximate surface area is 207 Å². The fourth-order valence-corrected chi connectivity index (χ4v) is 3.61. The summed E-state index contributed by atoms with van der Waals surface area (Å²) >= 11 is 5.99. The molecule has 1 fully saturated rings. The van der Waals surface area contributed by atoms with Crippen molar-refractivity contribution in [2.45, 2.75) is 31.0 Å². The van der Waals surface area contributed by atoms with Crippen LogP contribution in [-0.2, 0) is 28.6 Å². The monoisotopic (exact) mass is 526 g/mol. The van der Waals surface area contributed by atoms with Gasteiger partial charge < -0.3 is 16.2 Å². The number of aromatic nitrogens is 4. The van der Waals surface area contributed by atoms with E-state index in [2.05, 4.69) is 15.4 Å². The number of carboxylic acids is 1. The van der Waals surface area contributed by atoms with E-state index >= 15 is 0 Å². The lowest BCUT2D eigenvalue weighted by Crippen LogP contribution is -2.33. The molecule has 0 aliphatic heterocycles. The Hall–Kier alpha value is -3.87. The Kier molecular flexibility index (Phi) is 7.72. The number of rotatable bonds is 7. The molecule has 1 aliphatic rings. The van der Waals surface area contributed by atoms with Crippen LogP contribution in [0.25, 0.3) is 11.3 Å². The van der Waals surface area contributed by atoms with E-state index in [9.17, 15) is 22.8 Å². The summed E-state index contributed by atoms with van der Waals surface area (Å²) in [5.41, 5.74) is 7.30. The molecule has 1 amide bonds. The first-order chi connectivity index (χ1) is 16.8. The lowest BCUT2D eigenvalue weighted by molar-refractivity contribution is -0.192. The molecule has 4 N–H and O–H groups in total. The number of amides is 1. The lowest BCUT2D eigenvalue weighted by Gasteiger charge is -2.18. The Morgan fingerprint density at radius 1 is 1.22 bits per heavy atom. The molecule has 4 rings (SSSR count). The average molecular weight is 527 g/mol. The molecule has 1 aromatic carbocycles. The maximum absolute atomic E-state index is 13.0. The van der Waals surface area contributed by atoms with Crippen molar-refractivity contribution in [1.29, 1.82) is 0 Å². The van der Waals surface area contributed by atoms with Crippen LogP contribution in [0.15, 0.2) is 47.7 Å². The van der Waals surface area contributed by atoms with Crippen molar-refractivity contribution in [3.8, 4) is 11.3 Å². The van der Waals surface area contributed by atoms with Gasteiger partial charge in [-0.3, -0.25) is 18.8 Å². The normalized spacial score (nSPS) is 13.9. The number of hydrogen-bond donors (Lipinski definition) is 3. The molecule has 1 aliphatic carbocycles. The van der Waals surface area contributed by atoms with E-state index in [0.29, 0.717) is 22.8 Å². The summed E-state index contributed by atoms with van der Waals surface area (Å²) in [5.74, 6) is -3.17. The van der Waals surface area contributed by atoms with Gasteiger partial charge in [0, 0.05) is 35.8 Å². The maximum atomic E-state index is 13.0. The van der Waals surface area contributed by atoms with Gasteiger partial charge in [-0.25, -0.2) is 9.78 Å². The van der Waals surface area contributed by atoms with E-state index < -0.39 is 23.6 Å². The predicted molar refractivity (Wildman–Crippen MR) is 124 cm³/mol. The van der Waals surface area contributed by atoms with Crippen LogP contribution in [0, 0.1) is 0 Å². The van der Waals surface area contributed by atoms with E-state index in [0.717, 1.165) is 12.8 Å². The average Bonchev–Trinajstić information content (AvgIpc) is 3.46. The second kappa shape index (κ2) is 10.4. The number of nitrogens with one attached hydrogen (secondary N) is 1. The third-order valence-electron chi connectivity index (χ3n) is 5.52. The zero-order valence-electron chi connectivity index (χ0n) is 18.9. The smallest absolute Gasteiger partial charge is 0.475 e. The molecule has 36 heavy (non-hydrogen) atoms. The third-order valence-corrected chi connectivity index (χ3v) is 5.77. The number of benzene rings is 1. The number of aryl methyl sites for hydroxylation is 1. The number of halogens is 4. The molecule has 14 heteroatoms. The minimum absolute atomic E-state index is 0.0325. The highest BCUT2D eigenvalue weighted by Crippen LogP contribution is 2.48. The fourth-order valence-electron chi connectivity index (χ4n) is 3.48. The van der Waals surface area contributed by atoms with Crippen molar-refractivity contribution in [3.05, 3.63) is 63.8 Å². The van der Waals surface area contributed by atoms with Crippen LogP contribution in [0.3, 0.4) is 0 Å². The molecule has 1 saturated carbocycles. The molecule has 10 nitrogen and oxygen atoms in total. The second-order valence-electron chi connectivity index (χ2n) is 8.20. The van der Waals surface area contributed by atoms with Crippen LogP contribution in [0.1, 0.15) is 18.4 Å². The van der Waals surface area contributed by atoms with Crippen LogP contribution < -0.4 is 16.6 Å². The van der Waals surface area contributed by atoms with Gasteiger partial charge >= 0.3 is 12.1 Å². The van der Waals surface area contributed by atoms with Gasteiger partial charge in [0.15, 0.2) is 5.82 Å². The van der Waals surface area contributed by atoms with Gasteiger partial charge in [-0.15, -0.1) is 0 Å². The first kappa shape index (κ1) is 26.7. The van der Waals surface area contributed by atoms with E-state index in [1.54, 1.807) is 30.3 Å². The summed E-state index contributed by atoms with van der Waals surface area (Å²) < 4.78 is 34.7. The van der Waals surface area contributed by atoms with Crippen LogP contribution in [-0.4, -0.2) is 49.0 Å². The molecule has 0 atom stereocenters. The van der Waals surface area contributed by atoms with Gasteiger partial charge in [0.2, 0.25) is 5.91 Å². The van der Waals surface area contributed by atoms with Crippen LogP contribution in [0.4, 0.5) is 19.0 Å². The topological polar surface area (TPSA) is 145 Å². The van der Waals surface area contributed by atoms with E-state index in [-0.39, 0.29) is 17.8 Å². The summed E-state index contributed by atoms with van der Waals surface area (Å²) in [7, 11) is 1.77. The maximum Gasteiger partial charge on any atom is 0.490 e. The second-order valence-corrected chi connectivity index (χ2v) is 8.63. The summed E-state index contributed by atoms with van der Waals surface area (Å²) in [6, 6.07) is 7.78. The summed E-state index contributed by atoms with van der Waals surface area (Å²) in [6.07, 6.45) is 1.88. The molecular weight excluding hydrogens is 505 g/mol. The quantitative estimate of drug-likeness (QED) is 0.429. The number of aliphatic carboxylic acids is 1. The number of hydrogen-bond acceptors (Lipinski definition) is 6. The van der Waals surface area contributed by atoms with Gasteiger partial charge in [0.05, 0.1) is 18.1 Å². The highest BCUT2D eigenvalue weighted by molar-refractivity contribution is 6.30. The Morgan fingerprint density at radius 3 is 2.31 bits per heavy atom. The lowest BCUT2D eigenvalue weighted by atomic mass is 9.96. The number of anilines is 1. The number of primary amides is 1. The van der Waals surface area contributed by atoms with Gasteiger partial charge in [0.25, 0.3) is 5.56 Å². The Bertz CT molecular complexity index is 1320. The summed E-state index contributed by atoms with van der Waals surface area (Å²) in [5, 5.41) is 15.1. The zero-order valence-corrected chi connectivity index (χ0v) is 19.7. The molecule has 0 spiro atoms. The first-order valence-electron chi connectivity index (χ1n) is 10.5. The molecule has 0 unspecified atom stereocenters. The summed E-state index contributed by atoms with van der Waals surface area (Å²) in [6.45, 7) is 0.336. The first-order valence-corrected chi connectivity index (χ1v) is 10.9. The number of nitrogens with zero attached hydrogens (tertiary/aromatic N) is 4. The van der Waals surface area contributed by atoms with E-state index in [1.165, 1.54) is 10.1 Å². The number of nitrogens with two attached hydrogens (primary N) is 1. The molecule has 0 bridgehead atoms. The number of carbonyl (C=O) groups is 2. The highest BCUT2D eigenvalue weighted by atomic mass is 35.5. The van der Waals surface area contributed by atoms with Crippen molar-refractivity contribution >= 4 is 29.3 Å². The number of carbonyl (C=O) groups excluding carboxylic acids is 1. The van der Waals surface area contributed by atoms with Crippen molar-refractivity contribution in [1.82, 2.24) is 19.3 Å². The SMILES string of the molecule is Cn1cc(-c2cnc(NCC3(c4ccc(Cl)cc4)CC3)c(=O)n2CC(N)=O)cn1.O=C(O)C(F)(F)F. The van der Waals surface area contributed by atoms with Crippen molar-refractivity contribution in [3.63, 3.8) is 0 Å². The van der Waals surface area contributed by atoms with Crippen LogP contribution in [0.2, 0.25) is 5.02 Å². The molecule has 0 saturated heterocycles. The minimum Gasteiger partial charge on any atom is -0.475 e. The Morgan fingerprint density at radius 2 is 1.83 bits per heavy atom. The van der Waals surface area contributed by atoms with Gasteiger partial charge in [-0.1, -0.05) is 23.7 Å². The molecule has 2 heterocycles. The van der Waals surface area contributed by atoms with Gasteiger partial charge in [-0.2, -0.15) is 18.3 Å². The van der Waals surface area contributed by atoms with Crippen LogP contribution >= 0.6 is 11.6 Å². The van der Waals surface area contributed by atoms with Crippen LogP contribution in [0.5, 0.6) is 0 Å². The number of alkyl halides is 3. The number of carboxylic acid groups (broad SMARTS) is 1. The summed E-state index contributed by atoms with van der Waals surface area (Å²) in [4.78, 5) is 37.8. The predicted octanol–water partition coefficient (Wildman–Crippen LogP) is 2.56. The fraction of sp³-hybridized carbons (Fsp3) is 0.318. The third kappa shape index (κ3) is 6.42. The molecule has 3 aromatic rings. The molecule has 192 valence electrons. The van der Waals surface area contributed by atoms with E-state index in [4.69, 9.17) is 27.2 Å². The van der Waals surface area contributed by atoms with Gasteiger partial charge in [0.1, 0.15) is 6.54 Å². The van der Waals surface area contributed by atoms with Crippen molar-refractivity contribution in [2.75, 3.05) is 11.9 Å². The highest BCUT2D eigenvalue weighted by Gasteiger charge is 2.44. The molecular formula is C22H22ClF3N6O4. The standard InChI is InChI=1S/C20H21ClN6O2.C2HF3O2/c1-26-10-13(8-25-26)16-9-23-18(19(29)27(16)11-17(22)28)24-12-20(6-7-20)14-2-4-15(21)5-3-14;3-2(4,5)1(6)7/h2-5,8-10H,6-7,11-12H2,1H3,(H2,22,28)(H,23,24);(H,6,7). The molecule has 2 aromatic heterocycles. The van der Waals surface area contributed by atoms with Crippen molar-refractivity contribution in [2.24, 2.45) is 12.8 Å². The Balaban J connectivity index is 0.000000454. The van der Waals surface area contributed by atoms with Gasteiger partial charge in [-0.05, 0) is 30.5 Å². The zero-order chi connectivity index (χ0) is 26.7. The largest absolute Gasteiger partial charge is 0.490 e. The minimum atomic E-state index is -5.08. The molecule has 0 radical (unpaired) electrons. The van der Waals surface area contributed by atoms with Crippen molar-refractivity contribution < 1.29 is 27.9 Å². The van der Waals surface area contributed by atoms with E-state index in [1.807, 2.05) is 24.3 Å².